The quantitative estimate of drug-likeness (QED) is 0.375. The third kappa shape index (κ3) is 5.90. The Morgan fingerprint density at radius 3 is 2.02 bits per heavy atom. The number of halogens is 1. The van der Waals surface area contributed by atoms with Gasteiger partial charge in [-0.25, -0.2) is 0 Å². The lowest BCUT2D eigenvalue weighted by Crippen LogP contribution is -2.43. The molecule has 0 bridgehead atoms. The van der Waals surface area contributed by atoms with Crippen molar-refractivity contribution in [2.75, 3.05) is 33.2 Å². The molecule has 0 spiro atoms. The van der Waals surface area contributed by atoms with Crippen LogP contribution in [0.1, 0.15) is 64.9 Å². The Kier molecular flexibility index (Phi) is 8.11. The van der Waals surface area contributed by atoms with Crippen molar-refractivity contribution in [1.82, 2.24) is 4.90 Å². The van der Waals surface area contributed by atoms with Crippen molar-refractivity contribution in [2.24, 2.45) is 10.8 Å². The topological polar surface area (TPSA) is 94.2 Å². The van der Waals surface area contributed by atoms with Crippen LogP contribution in [0.15, 0.2) is 58.9 Å². The van der Waals surface area contributed by atoms with Gasteiger partial charge < -0.3 is 24.4 Å². The lowest BCUT2D eigenvalue weighted by atomic mass is 9.63. The van der Waals surface area contributed by atoms with E-state index in [0.29, 0.717) is 46.7 Å². The van der Waals surface area contributed by atoms with Crippen LogP contribution in [0.25, 0.3) is 0 Å². The monoisotopic (exact) mass is 606 g/mol. The average Bonchev–Trinajstić information content (AvgIpc) is 2.92. The number of rotatable bonds is 7. The Bertz CT molecular complexity index is 1520. The molecule has 0 radical (unpaired) electrons. The van der Waals surface area contributed by atoms with E-state index in [-0.39, 0.29) is 39.8 Å². The van der Waals surface area contributed by atoms with E-state index in [9.17, 15) is 14.4 Å². The molecule has 1 amide bonds. The molecular weight excluding hydrogens is 568 g/mol. The molecule has 0 fully saturated rings. The first-order valence-corrected chi connectivity index (χ1v) is 14.8. The van der Waals surface area contributed by atoms with Crippen LogP contribution >= 0.6 is 11.6 Å². The molecule has 228 valence electrons. The van der Waals surface area contributed by atoms with Gasteiger partial charge in [0, 0.05) is 48.3 Å². The second-order valence-corrected chi connectivity index (χ2v) is 13.6. The van der Waals surface area contributed by atoms with Crippen LogP contribution in [0.5, 0.6) is 17.2 Å². The molecule has 2 aromatic rings. The van der Waals surface area contributed by atoms with Crippen molar-refractivity contribution < 1.29 is 28.6 Å². The molecule has 5 rings (SSSR count). The minimum absolute atomic E-state index is 0.0377. The molecule has 0 saturated carbocycles. The molecule has 0 atom stereocenters. The smallest absolute Gasteiger partial charge is 0.262 e. The maximum Gasteiger partial charge on any atom is 0.262 e. The number of hydrogen-bond acceptors (Lipinski definition) is 7. The highest BCUT2D eigenvalue weighted by atomic mass is 35.5. The van der Waals surface area contributed by atoms with Crippen molar-refractivity contribution in [3.8, 4) is 17.2 Å². The van der Waals surface area contributed by atoms with Crippen LogP contribution in [0.4, 0.5) is 5.69 Å². The van der Waals surface area contributed by atoms with E-state index < -0.39 is 11.8 Å². The first-order valence-electron chi connectivity index (χ1n) is 14.4. The summed E-state index contributed by atoms with van der Waals surface area (Å²) in [5, 5.41) is 2.99. The molecule has 1 aliphatic heterocycles. The van der Waals surface area contributed by atoms with Crippen LogP contribution in [-0.2, 0) is 14.4 Å². The highest BCUT2D eigenvalue weighted by Gasteiger charge is 2.48. The fourth-order valence-corrected chi connectivity index (χ4v) is 6.89. The lowest BCUT2D eigenvalue weighted by molar-refractivity contribution is -0.120. The van der Waals surface area contributed by atoms with Gasteiger partial charge in [-0.1, -0.05) is 51.4 Å². The number of methoxy groups -OCH3 is 2. The van der Waals surface area contributed by atoms with E-state index in [1.807, 2.05) is 13.1 Å². The zero-order valence-corrected chi connectivity index (χ0v) is 26.6. The van der Waals surface area contributed by atoms with E-state index >= 15 is 0 Å². The molecule has 8 nitrogen and oxygen atoms in total. The van der Waals surface area contributed by atoms with Crippen molar-refractivity contribution >= 4 is 34.8 Å². The number of allylic oxidation sites excluding steroid dienone is 4. The van der Waals surface area contributed by atoms with Crippen LogP contribution in [-0.4, -0.2) is 50.2 Å². The summed E-state index contributed by atoms with van der Waals surface area (Å²) in [4.78, 5) is 42.4. The number of carbonyl (C=O) groups excluding carboxylic acids is 3. The number of nitrogens with one attached hydrogen (secondary N) is 1. The third-order valence-electron chi connectivity index (χ3n) is 8.49. The van der Waals surface area contributed by atoms with Crippen LogP contribution in [0.3, 0.4) is 0 Å². The van der Waals surface area contributed by atoms with Crippen molar-refractivity contribution in [3.63, 3.8) is 0 Å². The summed E-state index contributed by atoms with van der Waals surface area (Å²) in [7, 11) is 4.99. The van der Waals surface area contributed by atoms with E-state index in [1.165, 1.54) is 14.2 Å². The first-order chi connectivity index (χ1) is 20.2. The van der Waals surface area contributed by atoms with Crippen molar-refractivity contribution in [2.45, 2.75) is 59.3 Å². The molecule has 0 aromatic heterocycles. The van der Waals surface area contributed by atoms with E-state index in [0.717, 1.165) is 24.2 Å². The zero-order chi connectivity index (χ0) is 31.3. The number of ketones is 2. The average molecular weight is 607 g/mol. The normalized spacial score (nSPS) is 19.6. The van der Waals surface area contributed by atoms with E-state index in [2.05, 4.69) is 37.9 Å². The Hall–Kier alpha value is -3.78. The minimum Gasteiger partial charge on any atom is -0.495 e. The van der Waals surface area contributed by atoms with Gasteiger partial charge >= 0.3 is 0 Å². The third-order valence-corrected chi connectivity index (χ3v) is 8.77. The molecule has 0 saturated heterocycles. The summed E-state index contributed by atoms with van der Waals surface area (Å²) in [5.41, 5.74) is 4.02. The molecule has 2 aromatic carbocycles. The number of amides is 1. The summed E-state index contributed by atoms with van der Waals surface area (Å²) < 4.78 is 16.8. The highest BCUT2D eigenvalue weighted by molar-refractivity contribution is 6.32. The fraction of sp³-hybridized carbons (Fsp3) is 0.441. The molecule has 1 N–H and O–H groups in total. The van der Waals surface area contributed by atoms with Crippen LogP contribution < -0.4 is 19.5 Å². The van der Waals surface area contributed by atoms with Crippen LogP contribution in [0.2, 0.25) is 5.02 Å². The number of hydrogen-bond donors (Lipinski definition) is 1. The van der Waals surface area contributed by atoms with Gasteiger partial charge in [0.05, 0.1) is 24.9 Å². The SMILES string of the molecule is COc1ccccc1NC(=O)COc1c(Cl)cc(C2C3=C(CC(C)(C)CC3=O)N(C)C3=C2C(=O)CC(C)(C)C3)cc1OC. The van der Waals surface area contributed by atoms with Gasteiger partial charge in [0.15, 0.2) is 29.7 Å². The largest absolute Gasteiger partial charge is 0.495 e. The number of nitrogens with zero attached hydrogens (tertiary/aromatic N) is 1. The van der Waals surface area contributed by atoms with Gasteiger partial charge in [-0.15, -0.1) is 0 Å². The fourth-order valence-electron chi connectivity index (χ4n) is 6.62. The molecule has 3 aliphatic rings. The number of para-hydroxylation sites is 2. The zero-order valence-electron chi connectivity index (χ0n) is 25.9. The Morgan fingerprint density at radius 2 is 1.47 bits per heavy atom. The Morgan fingerprint density at radius 1 is 0.907 bits per heavy atom. The summed E-state index contributed by atoms with van der Waals surface area (Å²) >= 11 is 6.80. The van der Waals surface area contributed by atoms with E-state index in [4.69, 9.17) is 25.8 Å². The van der Waals surface area contributed by atoms with Gasteiger partial charge in [-0.3, -0.25) is 14.4 Å². The second kappa shape index (κ2) is 11.4. The Balaban J connectivity index is 1.52. The summed E-state index contributed by atoms with van der Waals surface area (Å²) in [6.45, 7) is 8.09. The van der Waals surface area contributed by atoms with Gasteiger partial charge in [0.1, 0.15) is 5.75 Å². The summed E-state index contributed by atoms with van der Waals surface area (Å²) in [6.07, 6.45) is 2.23. The Labute approximate surface area is 258 Å². The van der Waals surface area contributed by atoms with Crippen molar-refractivity contribution in [1.29, 1.82) is 0 Å². The predicted molar refractivity (Wildman–Crippen MR) is 166 cm³/mol. The molecule has 2 aliphatic carbocycles. The second-order valence-electron chi connectivity index (χ2n) is 13.2. The minimum atomic E-state index is -0.567. The number of anilines is 1. The number of benzene rings is 2. The summed E-state index contributed by atoms with van der Waals surface area (Å²) in [6, 6.07) is 10.6. The maximum absolute atomic E-state index is 13.8. The van der Waals surface area contributed by atoms with Crippen LogP contribution in [0, 0.1) is 10.8 Å². The standard InChI is InChI=1S/C34H39ClN2O6/c1-33(2)14-22-30(24(38)16-33)29(31-23(37(22)5)15-34(3,4)17-25(31)39)19-12-20(35)32(27(13-19)42-7)43-18-28(40)36-21-10-8-9-11-26(21)41-6/h8-13,29H,14-18H2,1-7H3,(H,36,40). The lowest BCUT2D eigenvalue weighted by Gasteiger charge is -2.48. The number of carbonyl (C=O) groups is 3. The maximum atomic E-state index is 13.8. The van der Waals surface area contributed by atoms with Gasteiger partial charge in [0.2, 0.25) is 0 Å². The first kappa shape index (κ1) is 30.7. The molecule has 43 heavy (non-hydrogen) atoms. The van der Waals surface area contributed by atoms with Crippen molar-refractivity contribution in [3.05, 3.63) is 69.5 Å². The highest BCUT2D eigenvalue weighted by Crippen LogP contribution is 2.55. The molecular formula is C34H39ClN2O6. The molecule has 0 unspecified atom stereocenters. The van der Waals surface area contributed by atoms with E-state index in [1.54, 1.807) is 30.3 Å². The summed E-state index contributed by atoms with van der Waals surface area (Å²) in [5.74, 6) is 0.138. The van der Waals surface area contributed by atoms with Gasteiger partial charge in [-0.05, 0) is 53.5 Å². The van der Waals surface area contributed by atoms with Gasteiger partial charge in [0.25, 0.3) is 5.91 Å². The number of ether oxygens (including phenoxy) is 3. The predicted octanol–water partition coefficient (Wildman–Crippen LogP) is 6.69. The molecule has 9 heteroatoms. The van der Waals surface area contributed by atoms with Gasteiger partial charge in [-0.2, -0.15) is 0 Å². The number of Topliss-reactive ketones (excluding diaryl/α,β-unsaturated/α-hetero) is 2. The molecule has 1 heterocycles.